The molecule has 1 saturated heterocycles. The summed E-state index contributed by atoms with van der Waals surface area (Å²) >= 11 is 0. The van der Waals surface area contributed by atoms with Gasteiger partial charge in [0, 0.05) is 18.2 Å². The highest BCUT2D eigenvalue weighted by Crippen LogP contribution is 2.41. The number of hydrogen-bond donors (Lipinski definition) is 1. The maximum Gasteiger partial charge on any atom is 0.326 e. The van der Waals surface area contributed by atoms with E-state index in [0.29, 0.717) is 54.1 Å². The first-order valence-corrected chi connectivity index (χ1v) is 9.57. The lowest BCUT2D eigenvalue weighted by Crippen LogP contribution is -2.40. The smallest absolute Gasteiger partial charge is 0.326 e. The molecule has 2 aliphatic rings. The van der Waals surface area contributed by atoms with E-state index < -0.39 is 12.0 Å². The van der Waals surface area contributed by atoms with Crippen molar-refractivity contribution in [3.05, 3.63) is 23.0 Å². The summed E-state index contributed by atoms with van der Waals surface area (Å²) in [4.78, 5) is 31.0. The molecule has 7 heteroatoms. The van der Waals surface area contributed by atoms with Crippen LogP contribution in [-0.4, -0.2) is 44.6 Å². The minimum absolute atomic E-state index is 0.0312. The zero-order chi connectivity index (χ0) is 19.3. The van der Waals surface area contributed by atoms with Crippen LogP contribution in [0.15, 0.2) is 10.6 Å². The fourth-order valence-corrected chi connectivity index (χ4v) is 3.83. The lowest BCUT2D eigenvalue weighted by molar-refractivity contribution is -0.141. The number of aliphatic carboxylic acids is 1. The number of fused-ring (bicyclic) bond motifs is 1. The van der Waals surface area contributed by atoms with Gasteiger partial charge in [0.05, 0.1) is 16.6 Å². The van der Waals surface area contributed by atoms with Crippen molar-refractivity contribution in [2.75, 3.05) is 6.54 Å². The fraction of sp³-hybridized carbons (Fsp3) is 0.600. The van der Waals surface area contributed by atoms with Crippen LogP contribution in [0, 0.1) is 5.41 Å². The van der Waals surface area contributed by atoms with Crippen molar-refractivity contribution in [3.8, 4) is 0 Å². The summed E-state index contributed by atoms with van der Waals surface area (Å²) in [5, 5.41) is 14.3. The SMILES string of the molecule is CC(C)(C)Cc1noc2nc(C3CC3)cc(C(=O)N3CCC[C@@H]3C(=O)O)c12. The molecule has 0 spiro atoms. The van der Waals surface area contributed by atoms with Crippen molar-refractivity contribution in [2.45, 2.75) is 64.8 Å². The topological polar surface area (TPSA) is 96.5 Å². The third-order valence-electron chi connectivity index (χ3n) is 5.26. The van der Waals surface area contributed by atoms with Gasteiger partial charge in [0.25, 0.3) is 11.6 Å². The van der Waals surface area contributed by atoms with E-state index in [1.807, 2.05) is 6.07 Å². The number of carbonyl (C=O) groups is 2. The molecular formula is C20H25N3O4. The second kappa shape index (κ2) is 6.32. The number of rotatable bonds is 4. The number of carboxylic acids is 1. The van der Waals surface area contributed by atoms with E-state index in [1.165, 1.54) is 4.90 Å². The normalized spacial score (nSPS) is 20.4. The third kappa shape index (κ3) is 3.42. The van der Waals surface area contributed by atoms with E-state index in [-0.39, 0.29) is 11.3 Å². The minimum Gasteiger partial charge on any atom is -0.480 e. The summed E-state index contributed by atoms with van der Waals surface area (Å²) in [5.41, 5.74) is 2.39. The molecule has 7 nitrogen and oxygen atoms in total. The van der Waals surface area contributed by atoms with Crippen LogP contribution in [0.3, 0.4) is 0 Å². The summed E-state index contributed by atoms with van der Waals surface area (Å²) < 4.78 is 5.49. The van der Waals surface area contributed by atoms with Gasteiger partial charge in [0.15, 0.2) is 0 Å². The third-order valence-corrected chi connectivity index (χ3v) is 5.26. The molecule has 0 bridgehead atoms. The maximum absolute atomic E-state index is 13.4. The van der Waals surface area contributed by atoms with Crippen LogP contribution < -0.4 is 0 Å². The lowest BCUT2D eigenvalue weighted by atomic mass is 9.89. The van der Waals surface area contributed by atoms with Crippen LogP contribution in [-0.2, 0) is 11.2 Å². The van der Waals surface area contributed by atoms with Crippen LogP contribution in [0.5, 0.6) is 0 Å². The summed E-state index contributed by atoms with van der Waals surface area (Å²) in [7, 11) is 0. The average Bonchev–Trinajstić information content (AvgIpc) is 3.18. The van der Waals surface area contributed by atoms with Crippen molar-refractivity contribution in [2.24, 2.45) is 5.41 Å². The first kappa shape index (κ1) is 17.9. The zero-order valence-corrected chi connectivity index (χ0v) is 16.0. The van der Waals surface area contributed by atoms with Gasteiger partial charge < -0.3 is 14.5 Å². The Morgan fingerprint density at radius 2 is 2.04 bits per heavy atom. The van der Waals surface area contributed by atoms with Crippen molar-refractivity contribution >= 4 is 23.0 Å². The Morgan fingerprint density at radius 1 is 1.30 bits per heavy atom. The predicted octanol–water partition coefficient (Wildman–Crippen LogP) is 3.38. The maximum atomic E-state index is 13.4. The summed E-state index contributed by atoms with van der Waals surface area (Å²) in [6.45, 7) is 6.75. The Labute approximate surface area is 157 Å². The van der Waals surface area contributed by atoms with Gasteiger partial charge >= 0.3 is 5.97 Å². The molecule has 0 radical (unpaired) electrons. The molecule has 2 aromatic heterocycles. The first-order chi connectivity index (χ1) is 12.7. The number of carbonyl (C=O) groups excluding carboxylic acids is 1. The molecule has 144 valence electrons. The van der Waals surface area contributed by atoms with Gasteiger partial charge in [0.1, 0.15) is 6.04 Å². The Morgan fingerprint density at radius 3 is 2.67 bits per heavy atom. The molecule has 1 N–H and O–H groups in total. The summed E-state index contributed by atoms with van der Waals surface area (Å²) in [6.07, 6.45) is 3.94. The Bertz CT molecular complexity index is 908. The van der Waals surface area contributed by atoms with E-state index in [4.69, 9.17) is 4.52 Å². The Kier molecular flexibility index (Phi) is 4.20. The van der Waals surface area contributed by atoms with E-state index in [1.54, 1.807) is 0 Å². The van der Waals surface area contributed by atoms with Gasteiger partial charge in [-0.05, 0) is 43.6 Å². The number of amides is 1. The largest absolute Gasteiger partial charge is 0.480 e. The second-order valence-electron chi connectivity index (χ2n) is 8.91. The second-order valence-corrected chi connectivity index (χ2v) is 8.91. The zero-order valence-electron chi connectivity index (χ0n) is 16.0. The molecule has 2 aromatic rings. The van der Waals surface area contributed by atoms with Gasteiger partial charge in [-0.15, -0.1) is 0 Å². The summed E-state index contributed by atoms with van der Waals surface area (Å²) in [5.74, 6) is -0.854. The highest BCUT2D eigenvalue weighted by atomic mass is 16.5. The molecule has 4 rings (SSSR count). The molecule has 1 atom stereocenters. The van der Waals surface area contributed by atoms with Crippen LogP contribution in [0.2, 0.25) is 0 Å². The highest BCUT2D eigenvalue weighted by Gasteiger charge is 2.37. The Balaban J connectivity index is 1.82. The number of likely N-dealkylation sites (tertiary alicyclic amines) is 1. The monoisotopic (exact) mass is 371 g/mol. The minimum atomic E-state index is -0.950. The predicted molar refractivity (Wildman–Crippen MR) is 98.6 cm³/mol. The quantitative estimate of drug-likeness (QED) is 0.885. The van der Waals surface area contributed by atoms with Crippen LogP contribution in [0.25, 0.3) is 11.1 Å². The molecule has 1 aliphatic carbocycles. The molecule has 27 heavy (non-hydrogen) atoms. The van der Waals surface area contributed by atoms with Crippen molar-refractivity contribution in [1.82, 2.24) is 15.0 Å². The lowest BCUT2D eigenvalue weighted by Gasteiger charge is -2.22. The fourth-order valence-electron chi connectivity index (χ4n) is 3.83. The summed E-state index contributed by atoms with van der Waals surface area (Å²) in [6, 6.07) is 1.07. The van der Waals surface area contributed by atoms with E-state index in [2.05, 4.69) is 30.9 Å². The molecule has 1 aliphatic heterocycles. The number of pyridine rings is 1. The molecule has 0 aromatic carbocycles. The Hall–Kier alpha value is -2.44. The van der Waals surface area contributed by atoms with E-state index in [0.717, 1.165) is 18.5 Å². The van der Waals surface area contributed by atoms with Gasteiger partial charge in [-0.3, -0.25) is 4.79 Å². The number of aromatic nitrogens is 2. The molecule has 3 heterocycles. The van der Waals surface area contributed by atoms with Gasteiger partial charge in [0.2, 0.25) is 0 Å². The molecule has 2 fully saturated rings. The standard InChI is InChI=1S/C20H25N3O4/c1-20(2,3)10-14-16-12(18(24)23-8-4-5-15(23)19(25)26)9-13(11-6-7-11)21-17(16)27-22-14/h9,11,15H,4-8,10H2,1-3H3,(H,25,26)/t15-/m1/s1. The molecule has 1 saturated carbocycles. The van der Waals surface area contributed by atoms with Crippen LogP contribution >= 0.6 is 0 Å². The highest BCUT2D eigenvalue weighted by molar-refractivity contribution is 6.07. The molecular weight excluding hydrogens is 346 g/mol. The molecule has 0 unspecified atom stereocenters. The van der Waals surface area contributed by atoms with Crippen LogP contribution in [0.1, 0.15) is 74.1 Å². The van der Waals surface area contributed by atoms with Gasteiger partial charge in [-0.1, -0.05) is 25.9 Å². The number of carboxylic acid groups (broad SMARTS) is 1. The van der Waals surface area contributed by atoms with Crippen molar-refractivity contribution in [3.63, 3.8) is 0 Å². The first-order valence-electron chi connectivity index (χ1n) is 9.57. The number of nitrogens with zero attached hydrogens (tertiary/aromatic N) is 3. The molecule has 1 amide bonds. The van der Waals surface area contributed by atoms with E-state index >= 15 is 0 Å². The van der Waals surface area contributed by atoms with Crippen molar-refractivity contribution < 1.29 is 19.2 Å². The van der Waals surface area contributed by atoms with Crippen molar-refractivity contribution in [1.29, 1.82) is 0 Å². The average molecular weight is 371 g/mol. The van der Waals surface area contributed by atoms with Gasteiger partial charge in [-0.2, -0.15) is 0 Å². The number of hydrogen-bond acceptors (Lipinski definition) is 5. The van der Waals surface area contributed by atoms with Gasteiger partial charge in [-0.25, -0.2) is 9.78 Å². The van der Waals surface area contributed by atoms with Crippen LogP contribution in [0.4, 0.5) is 0 Å². The van der Waals surface area contributed by atoms with E-state index in [9.17, 15) is 14.7 Å².